The first-order valence-corrected chi connectivity index (χ1v) is 8.04. The van der Waals surface area contributed by atoms with Crippen molar-refractivity contribution in [3.63, 3.8) is 0 Å². The summed E-state index contributed by atoms with van der Waals surface area (Å²) in [6.07, 6.45) is 3.51. The summed E-state index contributed by atoms with van der Waals surface area (Å²) in [5, 5.41) is 0.641. The number of thioether (sulfide) groups is 1. The minimum atomic E-state index is 0.641. The topological polar surface area (TPSA) is 43.6 Å². The highest BCUT2D eigenvalue weighted by atomic mass is 35.5. The lowest BCUT2D eigenvalue weighted by Crippen LogP contribution is -1.97. The largest absolute Gasteiger partial charge is 0.310 e. The van der Waals surface area contributed by atoms with E-state index >= 15 is 0 Å². The third-order valence-corrected chi connectivity index (χ3v) is 4.29. The normalized spacial score (nSPS) is 11.2. The number of hydrogen-bond donors (Lipinski definition) is 0. The number of hydrogen-bond acceptors (Lipinski definition) is 4. The molecule has 0 radical (unpaired) electrons. The van der Waals surface area contributed by atoms with Crippen LogP contribution < -0.4 is 0 Å². The molecule has 3 rings (SSSR count). The fourth-order valence-electron chi connectivity index (χ4n) is 2.24. The SMILES string of the molecule is CCSc1cc(Cl)cnc1-c1nc2cc(C)cnc2n1C. The number of nitrogens with zero attached hydrogens (tertiary/aromatic N) is 4. The van der Waals surface area contributed by atoms with Gasteiger partial charge in [0.05, 0.1) is 5.02 Å². The molecule has 0 spiro atoms. The Kier molecular flexibility index (Phi) is 3.87. The monoisotopic (exact) mass is 318 g/mol. The van der Waals surface area contributed by atoms with Crippen molar-refractivity contribution in [2.75, 3.05) is 5.75 Å². The molecule has 3 aromatic heterocycles. The Morgan fingerprint density at radius 3 is 2.81 bits per heavy atom. The fourth-order valence-corrected chi connectivity index (χ4v) is 3.27. The van der Waals surface area contributed by atoms with Crippen LogP contribution >= 0.6 is 23.4 Å². The fraction of sp³-hybridized carbons (Fsp3) is 0.267. The van der Waals surface area contributed by atoms with Crippen LogP contribution in [0, 0.1) is 6.92 Å². The molecule has 0 atom stereocenters. The summed E-state index contributed by atoms with van der Waals surface area (Å²) >= 11 is 7.78. The molecule has 108 valence electrons. The van der Waals surface area contributed by atoms with Gasteiger partial charge in [-0.05, 0) is 30.4 Å². The molecule has 0 aliphatic carbocycles. The van der Waals surface area contributed by atoms with E-state index < -0.39 is 0 Å². The number of rotatable bonds is 3. The molecule has 0 aliphatic rings. The molecule has 0 bridgehead atoms. The van der Waals surface area contributed by atoms with Crippen LogP contribution in [0.1, 0.15) is 12.5 Å². The summed E-state index contributed by atoms with van der Waals surface area (Å²) in [5.74, 6) is 1.77. The van der Waals surface area contributed by atoms with E-state index in [1.807, 2.05) is 36.9 Å². The van der Waals surface area contributed by atoms with E-state index in [1.54, 1.807) is 18.0 Å². The Hall–Kier alpha value is -1.59. The molecule has 3 heterocycles. The van der Waals surface area contributed by atoms with Gasteiger partial charge in [0.15, 0.2) is 11.5 Å². The van der Waals surface area contributed by atoms with E-state index in [-0.39, 0.29) is 0 Å². The zero-order valence-corrected chi connectivity index (χ0v) is 13.7. The summed E-state index contributed by atoms with van der Waals surface area (Å²) in [4.78, 5) is 14.7. The van der Waals surface area contributed by atoms with Gasteiger partial charge >= 0.3 is 0 Å². The molecule has 0 fully saturated rings. The maximum Gasteiger partial charge on any atom is 0.161 e. The van der Waals surface area contributed by atoms with Gasteiger partial charge in [-0.15, -0.1) is 11.8 Å². The van der Waals surface area contributed by atoms with Gasteiger partial charge in [0.1, 0.15) is 11.2 Å². The second-order valence-corrected chi connectivity index (χ2v) is 6.53. The average Bonchev–Trinajstić information content (AvgIpc) is 2.76. The summed E-state index contributed by atoms with van der Waals surface area (Å²) in [7, 11) is 1.96. The number of halogens is 1. The molecular formula is C15H15ClN4S. The van der Waals surface area contributed by atoms with Crippen LogP contribution in [0.4, 0.5) is 0 Å². The van der Waals surface area contributed by atoms with Crippen LogP contribution in [-0.4, -0.2) is 25.3 Å². The second kappa shape index (κ2) is 5.66. The predicted molar refractivity (Wildman–Crippen MR) is 87.9 cm³/mol. The van der Waals surface area contributed by atoms with Gasteiger partial charge in [-0.25, -0.2) is 9.97 Å². The molecule has 3 aromatic rings. The van der Waals surface area contributed by atoms with E-state index in [0.717, 1.165) is 38.9 Å². The maximum atomic E-state index is 6.06. The average molecular weight is 319 g/mol. The Morgan fingerprint density at radius 1 is 1.24 bits per heavy atom. The first kappa shape index (κ1) is 14.4. The zero-order valence-electron chi connectivity index (χ0n) is 12.1. The molecular weight excluding hydrogens is 304 g/mol. The highest BCUT2D eigenvalue weighted by Crippen LogP contribution is 2.32. The van der Waals surface area contributed by atoms with E-state index in [2.05, 4.69) is 16.9 Å². The Balaban J connectivity index is 2.22. The van der Waals surface area contributed by atoms with Crippen molar-refractivity contribution in [2.24, 2.45) is 7.05 Å². The van der Waals surface area contributed by atoms with Gasteiger partial charge in [-0.1, -0.05) is 18.5 Å². The van der Waals surface area contributed by atoms with Crippen molar-refractivity contribution < 1.29 is 0 Å². The van der Waals surface area contributed by atoms with E-state index in [1.165, 1.54) is 0 Å². The number of aryl methyl sites for hydroxylation is 2. The smallest absolute Gasteiger partial charge is 0.161 e. The van der Waals surface area contributed by atoms with Crippen LogP contribution in [0.5, 0.6) is 0 Å². The molecule has 0 saturated carbocycles. The third-order valence-electron chi connectivity index (χ3n) is 3.18. The molecule has 4 nitrogen and oxygen atoms in total. The Morgan fingerprint density at radius 2 is 2.05 bits per heavy atom. The van der Waals surface area contributed by atoms with Crippen molar-refractivity contribution >= 4 is 34.5 Å². The van der Waals surface area contributed by atoms with Crippen molar-refractivity contribution in [3.8, 4) is 11.5 Å². The van der Waals surface area contributed by atoms with E-state index in [9.17, 15) is 0 Å². The lowest BCUT2D eigenvalue weighted by Gasteiger charge is -2.07. The van der Waals surface area contributed by atoms with Gasteiger partial charge in [0, 0.05) is 24.3 Å². The van der Waals surface area contributed by atoms with Crippen LogP contribution in [0.15, 0.2) is 29.4 Å². The molecule has 0 unspecified atom stereocenters. The number of aromatic nitrogens is 4. The lowest BCUT2D eigenvalue weighted by atomic mass is 10.3. The lowest BCUT2D eigenvalue weighted by molar-refractivity contribution is 0.927. The first-order valence-electron chi connectivity index (χ1n) is 6.68. The van der Waals surface area contributed by atoms with Crippen LogP contribution in [-0.2, 0) is 7.05 Å². The van der Waals surface area contributed by atoms with Crippen LogP contribution in [0.3, 0.4) is 0 Å². The molecule has 6 heteroatoms. The summed E-state index contributed by atoms with van der Waals surface area (Å²) in [6, 6.07) is 3.98. The van der Waals surface area contributed by atoms with E-state index in [4.69, 9.17) is 16.6 Å². The minimum absolute atomic E-state index is 0.641. The van der Waals surface area contributed by atoms with E-state index in [0.29, 0.717) is 5.02 Å². The van der Waals surface area contributed by atoms with Crippen molar-refractivity contribution in [1.82, 2.24) is 19.5 Å². The van der Waals surface area contributed by atoms with Crippen molar-refractivity contribution in [2.45, 2.75) is 18.7 Å². The molecule has 21 heavy (non-hydrogen) atoms. The second-order valence-electron chi connectivity index (χ2n) is 4.78. The minimum Gasteiger partial charge on any atom is -0.310 e. The molecule has 0 saturated heterocycles. The third kappa shape index (κ3) is 2.63. The number of imidazole rings is 1. The van der Waals surface area contributed by atoms with Gasteiger partial charge in [-0.2, -0.15) is 0 Å². The van der Waals surface area contributed by atoms with Crippen LogP contribution in [0.25, 0.3) is 22.7 Å². The summed E-state index contributed by atoms with van der Waals surface area (Å²) in [5.41, 5.74) is 3.69. The quantitative estimate of drug-likeness (QED) is 0.682. The Labute approximate surface area is 132 Å². The molecule has 0 N–H and O–H groups in total. The molecule has 0 aliphatic heterocycles. The zero-order chi connectivity index (χ0) is 15.0. The highest BCUT2D eigenvalue weighted by Gasteiger charge is 2.16. The maximum absolute atomic E-state index is 6.06. The Bertz CT molecular complexity index is 813. The van der Waals surface area contributed by atoms with Crippen molar-refractivity contribution in [1.29, 1.82) is 0 Å². The van der Waals surface area contributed by atoms with Crippen LogP contribution in [0.2, 0.25) is 5.02 Å². The van der Waals surface area contributed by atoms with Gasteiger partial charge in [0.2, 0.25) is 0 Å². The summed E-state index contributed by atoms with van der Waals surface area (Å²) in [6.45, 7) is 4.12. The van der Waals surface area contributed by atoms with Gasteiger partial charge in [-0.3, -0.25) is 4.98 Å². The molecule has 0 aromatic carbocycles. The predicted octanol–water partition coefficient (Wildman–Crippen LogP) is 4.10. The molecule has 0 amide bonds. The number of fused-ring (bicyclic) bond motifs is 1. The van der Waals surface area contributed by atoms with Gasteiger partial charge < -0.3 is 4.57 Å². The summed E-state index contributed by atoms with van der Waals surface area (Å²) < 4.78 is 1.98. The van der Waals surface area contributed by atoms with Crippen molar-refractivity contribution in [3.05, 3.63) is 35.1 Å². The first-order chi connectivity index (χ1) is 10.1. The number of pyridine rings is 2. The standard InChI is InChI=1S/C15H15ClN4S/c1-4-21-12-6-10(16)8-17-13(12)15-19-11-5-9(2)7-18-14(11)20(15)3/h5-8H,4H2,1-3H3. The highest BCUT2D eigenvalue weighted by molar-refractivity contribution is 7.99. The van der Waals surface area contributed by atoms with Gasteiger partial charge in [0.25, 0.3) is 0 Å².